The smallest absolute Gasteiger partial charge is 0.310 e. The first-order valence-electron chi connectivity index (χ1n) is 7.74. The van der Waals surface area contributed by atoms with Gasteiger partial charge < -0.3 is 10.1 Å². The topological polar surface area (TPSA) is 64.1 Å². The summed E-state index contributed by atoms with van der Waals surface area (Å²) >= 11 is 5.90. The molecule has 1 aliphatic carbocycles. The van der Waals surface area contributed by atoms with E-state index in [-0.39, 0.29) is 17.7 Å². The second-order valence-corrected chi connectivity index (χ2v) is 7.27. The van der Waals surface area contributed by atoms with E-state index in [9.17, 15) is 4.79 Å². The molecule has 0 spiro atoms. The minimum Gasteiger partial charge on any atom is -0.460 e. The summed E-state index contributed by atoms with van der Waals surface area (Å²) in [5.41, 5.74) is 0.218. The molecular formula is C16H24ClN3O2. The molecule has 0 aliphatic heterocycles. The molecular weight excluding hydrogens is 302 g/mol. The molecule has 1 aromatic rings. The third-order valence-electron chi connectivity index (χ3n) is 3.77. The Kier molecular flexibility index (Phi) is 5.27. The van der Waals surface area contributed by atoms with Gasteiger partial charge in [0.25, 0.3) is 0 Å². The van der Waals surface area contributed by atoms with Crippen molar-refractivity contribution in [1.29, 1.82) is 0 Å². The van der Waals surface area contributed by atoms with Gasteiger partial charge in [-0.2, -0.15) is 0 Å². The number of hydrogen-bond donors (Lipinski definition) is 1. The molecule has 0 aromatic carbocycles. The molecule has 6 heteroatoms. The predicted octanol–water partition coefficient (Wildman–Crippen LogP) is 3.61. The van der Waals surface area contributed by atoms with Gasteiger partial charge in [0.2, 0.25) is 5.28 Å². The summed E-state index contributed by atoms with van der Waals surface area (Å²) < 4.78 is 5.36. The SMILES string of the molecule is CC1CCCC1Nc1nc(Cl)ncc1CC(=O)OC(C)(C)C. The maximum Gasteiger partial charge on any atom is 0.310 e. The van der Waals surface area contributed by atoms with Gasteiger partial charge in [-0.05, 0) is 51.1 Å². The molecule has 2 atom stereocenters. The van der Waals surface area contributed by atoms with Crippen LogP contribution in [-0.4, -0.2) is 27.6 Å². The number of halogens is 1. The van der Waals surface area contributed by atoms with Crippen molar-refractivity contribution >= 4 is 23.4 Å². The summed E-state index contributed by atoms with van der Waals surface area (Å²) in [5, 5.41) is 3.61. The Balaban J connectivity index is 2.12. The van der Waals surface area contributed by atoms with Crippen LogP contribution < -0.4 is 5.32 Å². The minimum absolute atomic E-state index is 0.137. The molecule has 1 aliphatic rings. The van der Waals surface area contributed by atoms with Crippen LogP contribution in [0.1, 0.15) is 52.5 Å². The Bertz CT molecular complexity index is 543. The molecule has 0 bridgehead atoms. The number of carbonyl (C=O) groups is 1. The molecule has 122 valence electrons. The summed E-state index contributed by atoms with van der Waals surface area (Å²) in [6.07, 6.45) is 5.25. The monoisotopic (exact) mass is 325 g/mol. The number of nitrogens with one attached hydrogen (secondary N) is 1. The lowest BCUT2D eigenvalue weighted by Gasteiger charge is -2.21. The van der Waals surface area contributed by atoms with Gasteiger partial charge in [0.05, 0.1) is 6.42 Å². The van der Waals surface area contributed by atoms with Crippen molar-refractivity contribution in [1.82, 2.24) is 9.97 Å². The van der Waals surface area contributed by atoms with Crippen LogP contribution in [0.5, 0.6) is 0 Å². The number of esters is 1. The highest BCUT2D eigenvalue weighted by Gasteiger charge is 2.25. The average Bonchev–Trinajstić information content (AvgIpc) is 2.76. The predicted molar refractivity (Wildman–Crippen MR) is 87.0 cm³/mol. The number of anilines is 1. The maximum atomic E-state index is 12.0. The standard InChI is InChI=1S/C16H24ClN3O2/c1-10-6-5-7-12(10)19-14-11(9-18-15(17)20-14)8-13(21)22-16(2,3)4/h9-10,12H,5-8H2,1-4H3,(H,18,19,20). The van der Waals surface area contributed by atoms with Crippen LogP contribution in [0.4, 0.5) is 5.82 Å². The molecule has 0 radical (unpaired) electrons. The molecule has 1 N–H and O–H groups in total. The van der Waals surface area contributed by atoms with Crippen LogP contribution in [-0.2, 0) is 16.0 Å². The molecule has 2 rings (SSSR count). The normalized spacial score (nSPS) is 21.7. The highest BCUT2D eigenvalue weighted by atomic mass is 35.5. The second-order valence-electron chi connectivity index (χ2n) is 6.94. The van der Waals surface area contributed by atoms with Crippen LogP contribution in [0.25, 0.3) is 0 Å². The van der Waals surface area contributed by atoms with Crippen LogP contribution in [0.2, 0.25) is 5.28 Å². The van der Waals surface area contributed by atoms with Crippen molar-refractivity contribution in [3.05, 3.63) is 17.0 Å². The van der Waals surface area contributed by atoms with Gasteiger partial charge >= 0.3 is 5.97 Å². The number of hydrogen-bond acceptors (Lipinski definition) is 5. The van der Waals surface area contributed by atoms with E-state index in [2.05, 4.69) is 22.2 Å². The van der Waals surface area contributed by atoms with Gasteiger partial charge in [-0.1, -0.05) is 13.3 Å². The summed E-state index contributed by atoms with van der Waals surface area (Å²) in [5.74, 6) is 0.939. The number of aromatic nitrogens is 2. The summed E-state index contributed by atoms with van der Waals surface area (Å²) in [4.78, 5) is 20.3. The Labute approximate surface area is 136 Å². The molecule has 5 nitrogen and oxygen atoms in total. The van der Waals surface area contributed by atoms with Gasteiger partial charge in [-0.3, -0.25) is 4.79 Å². The van der Waals surface area contributed by atoms with Gasteiger partial charge in [0.15, 0.2) is 0 Å². The quantitative estimate of drug-likeness (QED) is 0.676. The van der Waals surface area contributed by atoms with Crippen LogP contribution >= 0.6 is 11.6 Å². The number of carbonyl (C=O) groups excluding carboxylic acids is 1. The van der Waals surface area contributed by atoms with E-state index >= 15 is 0 Å². The van der Waals surface area contributed by atoms with E-state index in [1.54, 1.807) is 6.20 Å². The van der Waals surface area contributed by atoms with Crippen LogP contribution in [0.15, 0.2) is 6.20 Å². The fourth-order valence-electron chi connectivity index (χ4n) is 2.71. The first-order chi connectivity index (χ1) is 10.2. The minimum atomic E-state index is -0.502. The number of ether oxygens (including phenoxy) is 1. The zero-order valence-electron chi connectivity index (χ0n) is 13.6. The number of rotatable bonds is 4. The molecule has 1 saturated carbocycles. The Morgan fingerprint density at radius 3 is 2.77 bits per heavy atom. The zero-order valence-corrected chi connectivity index (χ0v) is 14.4. The van der Waals surface area contributed by atoms with Crippen LogP contribution in [0, 0.1) is 5.92 Å². The van der Waals surface area contributed by atoms with Crippen molar-refractivity contribution in [2.24, 2.45) is 5.92 Å². The number of nitrogens with zero attached hydrogens (tertiary/aromatic N) is 2. The Morgan fingerprint density at radius 1 is 1.45 bits per heavy atom. The van der Waals surface area contributed by atoms with E-state index in [1.807, 2.05) is 20.8 Å². The van der Waals surface area contributed by atoms with Crippen molar-refractivity contribution < 1.29 is 9.53 Å². The van der Waals surface area contributed by atoms with E-state index in [0.717, 1.165) is 12.0 Å². The first kappa shape index (κ1) is 17.0. The summed E-state index contributed by atoms with van der Waals surface area (Å²) in [6.45, 7) is 7.77. The zero-order chi connectivity index (χ0) is 16.3. The van der Waals surface area contributed by atoms with Crippen molar-refractivity contribution in [2.75, 3.05) is 5.32 Å². The van der Waals surface area contributed by atoms with E-state index in [4.69, 9.17) is 16.3 Å². The molecule has 2 unspecified atom stereocenters. The molecule has 1 heterocycles. The molecule has 1 aromatic heterocycles. The highest BCUT2D eigenvalue weighted by molar-refractivity contribution is 6.28. The third-order valence-corrected chi connectivity index (χ3v) is 3.96. The van der Waals surface area contributed by atoms with Gasteiger partial charge in [-0.25, -0.2) is 9.97 Å². The summed E-state index contributed by atoms with van der Waals surface area (Å²) in [6, 6.07) is 0.364. The highest BCUT2D eigenvalue weighted by Crippen LogP contribution is 2.29. The fourth-order valence-corrected chi connectivity index (χ4v) is 2.84. The lowest BCUT2D eigenvalue weighted by molar-refractivity contribution is -0.153. The second kappa shape index (κ2) is 6.82. The van der Waals surface area contributed by atoms with Gasteiger partial charge in [0, 0.05) is 17.8 Å². The molecule has 0 saturated heterocycles. The van der Waals surface area contributed by atoms with Crippen molar-refractivity contribution in [3.8, 4) is 0 Å². The van der Waals surface area contributed by atoms with E-state index in [1.165, 1.54) is 12.8 Å². The lowest BCUT2D eigenvalue weighted by Crippen LogP contribution is -2.26. The van der Waals surface area contributed by atoms with Crippen LogP contribution in [0.3, 0.4) is 0 Å². The third kappa shape index (κ3) is 4.83. The fraction of sp³-hybridized carbons (Fsp3) is 0.688. The lowest BCUT2D eigenvalue weighted by atomic mass is 10.1. The van der Waals surface area contributed by atoms with Crippen molar-refractivity contribution in [2.45, 2.75) is 65.0 Å². The van der Waals surface area contributed by atoms with Gasteiger partial charge in [-0.15, -0.1) is 0 Å². The Morgan fingerprint density at radius 2 is 2.18 bits per heavy atom. The molecule has 0 amide bonds. The van der Waals surface area contributed by atoms with E-state index in [0.29, 0.717) is 17.8 Å². The molecule has 1 fully saturated rings. The Hall–Kier alpha value is -1.36. The molecule has 22 heavy (non-hydrogen) atoms. The largest absolute Gasteiger partial charge is 0.460 e. The first-order valence-corrected chi connectivity index (χ1v) is 8.12. The van der Waals surface area contributed by atoms with Gasteiger partial charge in [0.1, 0.15) is 11.4 Å². The summed E-state index contributed by atoms with van der Waals surface area (Å²) in [7, 11) is 0. The van der Waals surface area contributed by atoms with Crippen molar-refractivity contribution in [3.63, 3.8) is 0 Å². The average molecular weight is 326 g/mol. The maximum absolute atomic E-state index is 12.0. The van der Waals surface area contributed by atoms with E-state index < -0.39 is 5.60 Å².